The largest absolute Gasteiger partial charge is 0.494 e. The van der Waals surface area contributed by atoms with Crippen molar-refractivity contribution in [3.8, 4) is 23.7 Å². The van der Waals surface area contributed by atoms with E-state index in [1.165, 1.54) is 24.8 Å². The average Bonchev–Trinajstić information content (AvgIpc) is 2.58. The predicted molar refractivity (Wildman–Crippen MR) is 89.4 cm³/mol. The van der Waals surface area contributed by atoms with E-state index in [1.54, 1.807) is 0 Å². The van der Waals surface area contributed by atoms with Gasteiger partial charge in [-0.05, 0) is 68.6 Å². The molecule has 1 saturated carbocycles. The third kappa shape index (κ3) is 5.45. The Balaban J connectivity index is 1.71. The quantitative estimate of drug-likeness (QED) is 0.710. The van der Waals surface area contributed by atoms with Crippen LogP contribution in [0.3, 0.4) is 0 Å². The molecule has 2 nitrogen and oxygen atoms in total. The van der Waals surface area contributed by atoms with E-state index >= 15 is 0 Å². The molecular weight excluding hydrogens is 270 g/mol. The molecule has 1 fully saturated rings. The van der Waals surface area contributed by atoms with E-state index in [0.29, 0.717) is 5.92 Å². The van der Waals surface area contributed by atoms with Gasteiger partial charge in [0.2, 0.25) is 0 Å². The summed E-state index contributed by atoms with van der Waals surface area (Å²) in [6.45, 7) is 2.91. The minimum absolute atomic E-state index is 0.450. The molecule has 0 bridgehead atoms. The molecule has 0 unspecified atom stereocenters. The lowest BCUT2D eigenvalue weighted by Crippen LogP contribution is -2.14. The van der Waals surface area contributed by atoms with Gasteiger partial charge in [0, 0.05) is 11.8 Å². The second-order valence-electron chi connectivity index (χ2n) is 6.13. The number of nitriles is 1. The zero-order valence-corrected chi connectivity index (χ0v) is 13.5. The lowest BCUT2D eigenvalue weighted by atomic mass is 9.80. The molecule has 1 aliphatic carbocycles. The van der Waals surface area contributed by atoms with Crippen molar-refractivity contribution in [2.45, 2.75) is 51.9 Å². The Morgan fingerprint density at radius 3 is 2.50 bits per heavy atom. The highest BCUT2D eigenvalue weighted by Crippen LogP contribution is 2.31. The van der Waals surface area contributed by atoms with Crippen molar-refractivity contribution in [2.75, 3.05) is 6.61 Å². The summed E-state index contributed by atoms with van der Waals surface area (Å²) < 4.78 is 5.61. The summed E-state index contributed by atoms with van der Waals surface area (Å²) in [5, 5.41) is 8.49. The first-order chi connectivity index (χ1) is 10.8. The standard InChI is InChI=1S/C20H25NO/c1-2-16-22-20-13-11-19(12-14-20)10-9-18-7-5-17(6-8-18)4-3-15-21/h11-14,17-18H,2,5-10,16H2,1H3/t17-,18-. The molecule has 0 aliphatic heterocycles. The number of benzene rings is 1. The second kappa shape index (κ2) is 9.16. The maximum Gasteiger partial charge on any atom is 0.152 e. The van der Waals surface area contributed by atoms with Gasteiger partial charge in [-0.3, -0.25) is 0 Å². The van der Waals surface area contributed by atoms with Crippen LogP contribution in [0.2, 0.25) is 0 Å². The average molecular weight is 295 g/mol. The lowest BCUT2D eigenvalue weighted by Gasteiger charge is -2.25. The maximum absolute atomic E-state index is 8.49. The highest BCUT2D eigenvalue weighted by molar-refractivity contribution is 5.27. The molecule has 1 aromatic rings. The fourth-order valence-corrected chi connectivity index (χ4v) is 3.07. The van der Waals surface area contributed by atoms with Crippen LogP contribution in [0.1, 0.15) is 51.0 Å². The SMILES string of the molecule is CCCOc1ccc(CC[C@H]2CC[C@H](C#CC#N)CC2)cc1. The number of nitrogens with zero attached hydrogens (tertiary/aromatic N) is 1. The van der Waals surface area contributed by atoms with Gasteiger partial charge in [-0.25, -0.2) is 0 Å². The highest BCUT2D eigenvalue weighted by atomic mass is 16.5. The van der Waals surface area contributed by atoms with Crippen molar-refractivity contribution in [3.63, 3.8) is 0 Å². The van der Waals surface area contributed by atoms with E-state index in [4.69, 9.17) is 10.00 Å². The van der Waals surface area contributed by atoms with Crippen LogP contribution in [-0.4, -0.2) is 6.61 Å². The number of hydrogen-bond donors (Lipinski definition) is 0. The van der Waals surface area contributed by atoms with Gasteiger partial charge in [0.25, 0.3) is 0 Å². The third-order valence-electron chi connectivity index (χ3n) is 4.42. The Labute approximate surface area is 134 Å². The van der Waals surface area contributed by atoms with E-state index in [1.807, 2.05) is 6.07 Å². The van der Waals surface area contributed by atoms with Crippen molar-refractivity contribution < 1.29 is 4.74 Å². The Morgan fingerprint density at radius 2 is 1.86 bits per heavy atom. The highest BCUT2D eigenvalue weighted by Gasteiger charge is 2.19. The van der Waals surface area contributed by atoms with Gasteiger partial charge in [0.1, 0.15) is 5.75 Å². The summed E-state index contributed by atoms with van der Waals surface area (Å²) in [5.41, 5.74) is 1.40. The van der Waals surface area contributed by atoms with E-state index in [2.05, 4.69) is 43.0 Å². The molecule has 1 aromatic carbocycles. The Bertz CT molecular complexity index is 536. The predicted octanol–water partition coefficient (Wildman–Crippen LogP) is 4.74. The Hall–Kier alpha value is -1.93. The van der Waals surface area contributed by atoms with Gasteiger partial charge in [-0.2, -0.15) is 5.26 Å². The lowest BCUT2D eigenvalue weighted by molar-refractivity contribution is 0.301. The van der Waals surface area contributed by atoms with Crippen LogP contribution in [0.15, 0.2) is 24.3 Å². The van der Waals surface area contributed by atoms with Crippen molar-refractivity contribution in [1.82, 2.24) is 0 Å². The third-order valence-corrected chi connectivity index (χ3v) is 4.42. The normalized spacial score (nSPS) is 20.5. The second-order valence-corrected chi connectivity index (χ2v) is 6.13. The Kier molecular flexibility index (Phi) is 6.85. The molecule has 2 rings (SSSR count). The van der Waals surface area contributed by atoms with Gasteiger partial charge < -0.3 is 4.74 Å². The van der Waals surface area contributed by atoms with E-state index in [9.17, 15) is 0 Å². The summed E-state index contributed by atoms with van der Waals surface area (Å²) >= 11 is 0. The van der Waals surface area contributed by atoms with Crippen molar-refractivity contribution in [1.29, 1.82) is 5.26 Å². The fourth-order valence-electron chi connectivity index (χ4n) is 3.07. The zero-order chi connectivity index (χ0) is 15.6. The summed E-state index contributed by atoms with van der Waals surface area (Å²) in [6.07, 6.45) is 8.27. The summed E-state index contributed by atoms with van der Waals surface area (Å²) in [5.74, 6) is 7.86. The molecule has 0 spiro atoms. The van der Waals surface area contributed by atoms with E-state index < -0.39 is 0 Å². The van der Waals surface area contributed by atoms with Crippen LogP contribution >= 0.6 is 0 Å². The zero-order valence-electron chi connectivity index (χ0n) is 13.5. The van der Waals surface area contributed by atoms with E-state index in [-0.39, 0.29) is 0 Å². The van der Waals surface area contributed by atoms with Crippen molar-refractivity contribution >= 4 is 0 Å². The van der Waals surface area contributed by atoms with Gasteiger partial charge in [0.15, 0.2) is 6.07 Å². The molecule has 0 N–H and O–H groups in total. The minimum Gasteiger partial charge on any atom is -0.494 e. The number of rotatable bonds is 6. The molecule has 1 aliphatic rings. The number of aryl methyl sites for hydroxylation is 1. The molecule has 0 radical (unpaired) electrons. The molecule has 0 saturated heterocycles. The van der Waals surface area contributed by atoms with Crippen molar-refractivity contribution in [2.24, 2.45) is 11.8 Å². The molecular formula is C20H25NO. The van der Waals surface area contributed by atoms with Gasteiger partial charge in [-0.15, -0.1) is 0 Å². The molecule has 2 heteroatoms. The number of hydrogen-bond acceptors (Lipinski definition) is 2. The fraction of sp³-hybridized carbons (Fsp3) is 0.550. The topological polar surface area (TPSA) is 33.0 Å². The van der Waals surface area contributed by atoms with Crippen LogP contribution in [0.5, 0.6) is 5.75 Å². The van der Waals surface area contributed by atoms with Crippen LogP contribution < -0.4 is 4.74 Å². The van der Waals surface area contributed by atoms with E-state index in [0.717, 1.165) is 44.0 Å². The monoisotopic (exact) mass is 295 g/mol. The summed E-state index contributed by atoms with van der Waals surface area (Å²) in [4.78, 5) is 0. The first-order valence-electron chi connectivity index (χ1n) is 8.43. The van der Waals surface area contributed by atoms with Crippen LogP contribution in [0, 0.1) is 35.0 Å². The van der Waals surface area contributed by atoms with Crippen LogP contribution in [-0.2, 0) is 6.42 Å². The Morgan fingerprint density at radius 1 is 1.14 bits per heavy atom. The molecule has 22 heavy (non-hydrogen) atoms. The van der Waals surface area contributed by atoms with Crippen LogP contribution in [0.4, 0.5) is 0 Å². The van der Waals surface area contributed by atoms with Crippen molar-refractivity contribution in [3.05, 3.63) is 29.8 Å². The molecule has 0 aromatic heterocycles. The molecule has 116 valence electrons. The summed E-state index contributed by atoms with van der Waals surface area (Å²) in [6, 6.07) is 10.5. The number of ether oxygens (including phenoxy) is 1. The van der Waals surface area contributed by atoms with Crippen LogP contribution in [0.25, 0.3) is 0 Å². The first-order valence-corrected chi connectivity index (χ1v) is 8.43. The minimum atomic E-state index is 0.450. The van der Waals surface area contributed by atoms with Gasteiger partial charge in [-0.1, -0.05) is 25.0 Å². The molecule has 0 atom stereocenters. The molecule has 0 heterocycles. The molecule has 0 amide bonds. The first kappa shape index (κ1) is 16.4. The smallest absolute Gasteiger partial charge is 0.152 e. The maximum atomic E-state index is 8.49. The van der Waals surface area contributed by atoms with Gasteiger partial charge >= 0.3 is 0 Å². The van der Waals surface area contributed by atoms with Gasteiger partial charge in [0.05, 0.1) is 6.61 Å². The summed E-state index contributed by atoms with van der Waals surface area (Å²) in [7, 11) is 0.